The maximum atomic E-state index is 12.2. The molecule has 7 heteroatoms. The Kier molecular flexibility index (Phi) is 5.76. The van der Waals surface area contributed by atoms with E-state index in [4.69, 9.17) is 4.74 Å². The molecule has 0 saturated carbocycles. The second-order valence-electron chi connectivity index (χ2n) is 4.80. The fourth-order valence-electron chi connectivity index (χ4n) is 1.87. The van der Waals surface area contributed by atoms with Crippen molar-refractivity contribution in [3.63, 3.8) is 0 Å². The number of hydrogen-bond donors (Lipinski definition) is 2. The van der Waals surface area contributed by atoms with Gasteiger partial charge in [-0.3, -0.25) is 9.59 Å². The van der Waals surface area contributed by atoms with Crippen molar-refractivity contribution in [1.82, 2.24) is 9.97 Å². The second-order valence-corrected chi connectivity index (χ2v) is 4.80. The molecule has 2 aromatic rings. The van der Waals surface area contributed by atoms with Gasteiger partial charge < -0.3 is 15.4 Å². The lowest BCUT2D eigenvalue weighted by Crippen LogP contribution is -2.15. The number of nitrogens with zero attached hydrogens (tertiary/aromatic N) is 2. The Labute approximate surface area is 134 Å². The first-order valence-electron chi connectivity index (χ1n) is 7.07. The highest BCUT2D eigenvalue weighted by molar-refractivity contribution is 6.04. The molecule has 1 amide bonds. The number of hydrogen-bond acceptors (Lipinski definition) is 6. The quantitative estimate of drug-likeness (QED) is 0.599. The Hall–Kier alpha value is -2.80. The minimum atomic E-state index is -0.372. The van der Waals surface area contributed by atoms with E-state index in [1.54, 1.807) is 37.4 Å². The molecule has 0 aliphatic heterocycles. The molecule has 2 N–H and O–H groups in total. The highest BCUT2D eigenvalue weighted by atomic mass is 16.5. The number of ether oxygens (including phenoxy) is 1. The van der Waals surface area contributed by atoms with Gasteiger partial charge in [-0.15, -0.1) is 0 Å². The minimum Gasteiger partial charge on any atom is -0.383 e. The van der Waals surface area contributed by atoms with E-state index in [1.807, 2.05) is 0 Å². The summed E-state index contributed by atoms with van der Waals surface area (Å²) in [6.45, 7) is 2.59. The van der Waals surface area contributed by atoms with Crippen molar-refractivity contribution in [3.05, 3.63) is 47.9 Å². The minimum absolute atomic E-state index is 0.0623. The lowest BCUT2D eigenvalue weighted by molar-refractivity contribution is 0.100. The third kappa shape index (κ3) is 4.86. The normalized spacial score (nSPS) is 10.2. The zero-order chi connectivity index (χ0) is 16.7. The highest BCUT2D eigenvalue weighted by Gasteiger charge is 2.10. The second kappa shape index (κ2) is 8.00. The molecule has 0 radical (unpaired) electrons. The van der Waals surface area contributed by atoms with E-state index in [0.29, 0.717) is 30.2 Å². The van der Waals surface area contributed by atoms with E-state index >= 15 is 0 Å². The number of rotatable bonds is 7. The molecule has 2 rings (SSSR count). The first-order valence-corrected chi connectivity index (χ1v) is 7.07. The molecule has 1 aromatic heterocycles. The van der Waals surface area contributed by atoms with Crippen molar-refractivity contribution < 1.29 is 14.3 Å². The molecule has 0 unspecified atom stereocenters. The van der Waals surface area contributed by atoms with Crippen LogP contribution in [-0.4, -0.2) is 41.9 Å². The third-order valence-electron chi connectivity index (χ3n) is 3.04. The molecule has 0 aliphatic carbocycles. The standard InChI is InChI=1S/C16H18N4O3/c1-11(21)12-4-3-5-13(8-12)20-16(22)14-9-15(19-10-18-14)17-6-7-23-2/h3-5,8-10H,6-7H2,1-2H3,(H,20,22)(H,17,18,19). The van der Waals surface area contributed by atoms with Gasteiger partial charge >= 0.3 is 0 Å². The lowest BCUT2D eigenvalue weighted by Gasteiger charge is -2.08. The molecule has 0 bridgehead atoms. The van der Waals surface area contributed by atoms with Crippen LogP contribution in [0.1, 0.15) is 27.8 Å². The average molecular weight is 314 g/mol. The first kappa shape index (κ1) is 16.6. The van der Waals surface area contributed by atoms with E-state index in [-0.39, 0.29) is 17.4 Å². The summed E-state index contributed by atoms with van der Waals surface area (Å²) in [6.07, 6.45) is 1.32. The van der Waals surface area contributed by atoms with Crippen molar-refractivity contribution >= 4 is 23.2 Å². The van der Waals surface area contributed by atoms with E-state index in [9.17, 15) is 9.59 Å². The van der Waals surface area contributed by atoms with Crippen LogP contribution in [0.2, 0.25) is 0 Å². The van der Waals surface area contributed by atoms with Crippen LogP contribution in [0.15, 0.2) is 36.7 Å². The van der Waals surface area contributed by atoms with Crippen LogP contribution in [0.5, 0.6) is 0 Å². The molecule has 120 valence electrons. The molecule has 1 heterocycles. The molecule has 7 nitrogen and oxygen atoms in total. The Morgan fingerprint density at radius 1 is 1.22 bits per heavy atom. The highest BCUT2D eigenvalue weighted by Crippen LogP contribution is 2.13. The molecule has 0 saturated heterocycles. The number of nitrogens with one attached hydrogen (secondary N) is 2. The van der Waals surface area contributed by atoms with E-state index < -0.39 is 0 Å². The van der Waals surface area contributed by atoms with Crippen LogP contribution in [0.4, 0.5) is 11.5 Å². The molecule has 0 spiro atoms. The van der Waals surface area contributed by atoms with Gasteiger partial charge in [0, 0.05) is 31.0 Å². The number of Topliss-reactive ketones (excluding diaryl/α,β-unsaturated/α-hetero) is 1. The number of benzene rings is 1. The predicted octanol–water partition coefficient (Wildman–Crippen LogP) is 1.99. The smallest absolute Gasteiger partial charge is 0.274 e. The Morgan fingerprint density at radius 2 is 2.04 bits per heavy atom. The predicted molar refractivity (Wildman–Crippen MR) is 86.8 cm³/mol. The van der Waals surface area contributed by atoms with Crippen LogP contribution in [0.3, 0.4) is 0 Å². The maximum Gasteiger partial charge on any atom is 0.274 e. The fourth-order valence-corrected chi connectivity index (χ4v) is 1.87. The topological polar surface area (TPSA) is 93.2 Å². The summed E-state index contributed by atoms with van der Waals surface area (Å²) in [5, 5.41) is 5.74. The third-order valence-corrected chi connectivity index (χ3v) is 3.04. The number of methoxy groups -OCH3 is 1. The number of amides is 1. The van der Waals surface area contributed by atoms with Gasteiger partial charge in [0.05, 0.1) is 6.61 Å². The SMILES string of the molecule is COCCNc1cc(C(=O)Nc2cccc(C(C)=O)c2)ncn1. The summed E-state index contributed by atoms with van der Waals surface area (Å²) in [7, 11) is 1.61. The Morgan fingerprint density at radius 3 is 2.78 bits per heavy atom. The van der Waals surface area contributed by atoms with Crippen molar-refractivity contribution in [2.45, 2.75) is 6.92 Å². The Balaban J connectivity index is 2.07. The van der Waals surface area contributed by atoms with Crippen molar-refractivity contribution in [2.75, 3.05) is 30.9 Å². The lowest BCUT2D eigenvalue weighted by atomic mass is 10.1. The number of ketones is 1. The van der Waals surface area contributed by atoms with Crippen LogP contribution in [0, 0.1) is 0 Å². The largest absolute Gasteiger partial charge is 0.383 e. The van der Waals surface area contributed by atoms with E-state index in [1.165, 1.54) is 13.3 Å². The van der Waals surface area contributed by atoms with Gasteiger partial charge in [0.1, 0.15) is 17.8 Å². The zero-order valence-corrected chi connectivity index (χ0v) is 13.0. The monoisotopic (exact) mass is 314 g/mol. The van der Waals surface area contributed by atoms with Gasteiger partial charge in [-0.2, -0.15) is 0 Å². The Bertz CT molecular complexity index is 703. The molecular weight excluding hydrogens is 296 g/mol. The maximum absolute atomic E-state index is 12.2. The van der Waals surface area contributed by atoms with Gasteiger partial charge in [-0.05, 0) is 19.1 Å². The molecule has 23 heavy (non-hydrogen) atoms. The number of anilines is 2. The summed E-state index contributed by atoms with van der Waals surface area (Å²) in [6, 6.07) is 8.30. The van der Waals surface area contributed by atoms with Crippen molar-refractivity contribution in [2.24, 2.45) is 0 Å². The van der Waals surface area contributed by atoms with Crippen LogP contribution in [-0.2, 0) is 4.74 Å². The summed E-state index contributed by atoms with van der Waals surface area (Å²) >= 11 is 0. The van der Waals surface area contributed by atoms with Crippen molar-refractivity contribution in [1.29, 1.82) is 0 Å². The van der Waals surface area contributed by atoms with Gasteiger partial charge in [0.25, 0.3) is 5.91 Å². The number of carbonyl (C=O) groups excluding carboxylic acids is 2. The summed E-state index contributed by atoms with van der Waals surface area (Å²) in [5.41, 5.74) is 1.30. The summed E-state index contributed by atoms with van der Waals surface area (Å²) < 4.78 is 4.94. The molecule has 0 aliphatic rings. The molecule has 1 aromatic carbocycles. The van der Waals surface area contributed by atoms with Crippen LogP contribution in [0.25, 0.3) is 0 Å². The average Bonchev–Trinajstić information content (AvgIpc) is 2.55. The van der Waals surface area contributed by atoms with Crippen molar-refractivity contribution in [3.8, 4) is 0 Å². The molecule has 0 fully saturated rings. The molecular formula is C16H18N4O3. The van der Waals surface area contributed by atoms with Gasteiger partial charge in [0.15, 0.2) is 5.78 Å². The zero-order valence-electron chi connectivity index (χ0n) is 13.0. The van der Waals surface area contributed by atoms with E-state index in [0.717, 1.165) is 0 Å². The van der Waals surface area contributed by atoms with E-state index in [2.05, 4.69) is 20.6 Å². The molecule has 0 atom stereocenters. The fraction of sp³-hybridized carbons (Fsp3) is 0.250. The number of aromatic nitrogens is 2. The first-order chi connectivity index (χ1) is 11.1. The van der Waals surface area contributed by atoms with Gasteiger partial charge in [-0.25, -0.2) is 9.97 Å². The van der Waals surface area contributed by atoms with Gasteiger partial charge in [0.2, 0.25) is 0 Å². The van der Waals surface area contributed by atoms with Crippen LogP contribution < -0.4 is 10.6 Å². The van der Waals surface area contributed by atoms with Gasteiger partial charge in [-0.1, -0.05) is 12.1 Å². The van der Waals surface area contributed by atoms with Crippen LogP contribution >= 0.6 is 0 Å². The number of carbonyl (C=O) groups is 2. The summed E-state index contributed by atoms with van der Waals surface area (Å²) in [4.78, 5) is 31.6. The summed E-state index contributed by atoms with van der Waals surface area (Å²) in [5.74, 6) is 0.107.